The van der Waals surface area contributed by atoms with Crippen LogP contribution in [0.2, 0.25) is 0 Å². The van der Waals surface area contributed by atoms with Gasteiger partial charge in [-0.05, 0) is 42.7 Å². The predicted molar refractivity (Wildman–Crippen MR) is 129 cm³/mol. The first-order valence-electron chi connectivity index (χ1n) is 12.4. The van der Waals surface area contributed by atoms with Gasteiger partial charge in [-0.15, -0.1) is 15.3 Å². The molecule has 0 amide bonds. The highest BCUT2D eigenvalue weighted by Crippen LogP contribution is 2.42. The predicted octanol–water partition coefficient (Wildman–Crippen LogP) is 4.41. The molecule has 2 aliphatic heterocycles. The van der Waals surface area contributed by atoms with E-state index in [9.17, 15) is 8.78 Å². The van der Waals surface area contributed by atoms with Crippen molar-refractivity contribution in [2.75, 3.05) is 18.0 Å². The fourth-order valence-electron chi connectivity index (χ4n) is 5.45. The normalized spacial score (nSPS) is 21.7. The summed E-state index contributed by atoms with van der Waals surface area (Å²) < 4.78 is 32.2. The van der Waals surface area contributed by atoms with E-state index in [2.05, 4.69) is 54.6 Å². The molecule has 3 fully saturated rings. The van der Waals surface area contributed by atoms with E-state index in [0.29, 0.717) is 18.2 Å². The van der Waals surface area contributed by atoms with Crippen molar-refractivity contribution in [1.82, 2.24) is 30.1 Å². The topological polar surface area (TPSA) is 76.1 Å². The van der Waals surface area contributed by atoms with Crippen LogP contribution in [0.1, 0.15) is 37.1 Å². The minimum atomic E-state index is -2.78. The molecule has 1 saturated carbocycles. The second kappa shape index (κ2) is 8.48. The summed E-state index contributed by atoms with van der Waals surface area (Å²) in [6.45, 7) is 2.83. The Morgan fingerprint density at radius 3 is 2.50 bits per heavy atom. The Hall–Kier alpha value is -3.66. The number of hydrogen-bond acceptors (Lipinski definition) is 7. The van der Waals surface area contributed by atoms with Crippen LogP contribution in [0.4, 0.5) is 14.5 Å². The molecule has 0 radical (unpaired) electrons. The summed E-state index contributed by atoms with van der Waals surface area (Å²) in [5.74, 6) is -0.600. The zero-order chi connectivity index (χ0) is 24.2. The largest absolute Gasteiger partial charge is 0.415 e. The van der Waals surface area contributed by atoms with Gasteiger partial charge in [-0.25, -0.2) is 4.68 Å². The van der Waals surface area contributed by atoms with Crippen molar-refractivity contribution in [2.45, 2.75) is 50.4 Å². The van der Waals surface area contributed by atoms with Gasteiger partial charge in [0.1, 0.15) is 5.69 Å². The van der Waals surface area contributed by atoms with Gasteiger partial charge in [0.25, 0.3) is 5.89 Å². The quantitative estimate of drug-likeness (QED) is 0.381. The third-order valence-electron chi connectivity index (χ3n) is 7.78. The lowest BCUT2D eigenvalue weighted by Gasteiger charge is -2.66. The molecule has 1 aliphatic carbocycles. The Bertz CT molecular complexity index is 1380. The molecule has 4 aromatic rings. The standard InChI is InChI=1S/C26H25F2N7O/c27-24(28)26-31-30-25(36-26)17-9-7-16(8-10-17)12-33-13-21(29-32-33)18-3-1-6-20(11-18)35-15-22-23(35)14-34(22)19-4-2-5-19/h1,3,6-11,13,19,22-24H,2,4-5,12,14-15H2/t22?,23-/m1/s1. The van der Waals surface area contributed by atoms with Crippen LogP contribution in [0.25, 0.3) is 22.7 Å². The molecular weight excluding hydrogens is 464 g/mol. The Kier molecular flexibility index (Phi) is 5.09. The van der Waals surface area contributed by atoms with Crippen LogP contribution < -0.4 is 4.90 Å². The molecule has 2 aromatic heterocycles. The highest BCUT2D eigenvalue weighted by Gasteiger charge is 2.54. The monoisotopic (exact) mass is 489 g/mol. The van der Waals surface area contributed by atoms with E-state index in [1.165, 1.54) is 31.5 Å². The Morgan fingerprint density at radius 1 is 0.944 bits per heavy atom. The number of alkyl halides is 2. The average molecular weight is 490 g/mol. The van der Waals surface area contributed by atoms with Crippen LogP contribution in [-0.4, -0.2) is 61.3 Å². The first-order valence-corrected chi connectivity index (χ1v) is 12.4. The third kappa shape index (κ3) is 3.67. The van der Waals surface area contributed by atoms with Crippen molar-refractivity contribution < 1.29 is 13.2 Å². The Morgan fingerprint density at radius 2 is 1.81 bits per heavy atom. The second-order valence-corrected chi connectivity index (χ2v) is 9.86. The van der Waals surface area contributed by atoms with Crippen LogP contribution >= 0.6 is 0 Å². The van der Waals surface area contributed by atoms with E-state index >= 15 is 0 Å². The maximum absolute atomic E-state index is 12.7. The lowest BCUT2D eigenvalue weighted by Crippen LogP contribution is -2.81. The number of likely N-dealkylation sites (tertiary alicyclic amines) is 1. The molecule has 0 N–H and O–H groups in total. The van der Waals surface area contributed by atoms with Crippen molar-refractivity contribution in [1.29, 1.82) is 0 Å². The van der Waals surface area contributed by atoms with E-state index in [4.69, 9.17) is 4.42 Å². The first kappa shape index (κ1) is 21.6. The highest BCUT2D eigenvalue weighted by atomic mass is 19.3. The van der Waals surface area contributed by atoms with Crippen molar-refractivity contribution in [2.24, 2.45) is 0 Å². The van der Waals surface area contributed by atoms with Crippen LogP contribution in [0, 0.1) is 0 Å². The molecule has 0 bridgehead atoms. The molecule has 3 aliphatic rings. The van der Waals surface area contributed by atoms with E-state index in [-0.39, 0.29) is 5.89 Å². The van der Waals surface area contributed by atoms with Gasteiger partial charge < -0.3 is 9.32 Å². The Labute approximate surface area is 206 Å². The second-order valence-electron chi connectivity index (χ2n) is 9.86. The molecule has 4 heterocycles. The lowest BCUT2D eigenvalue weighted by molar-refractivity contribution is -0.0497. The number of anilines is 1. The van der Waals surface area contributed by atoms with Gasteiger partial charge in [0.2, 0.25) is 5.89 Å². The summed E-state index contributed by atoms with van der Waals surface area (Å²) in [7, 11) is 0. The summed E-state index contributed by atoms with van der Waals surface area (Å²) in [4.78, 5) is 5.22. The van der Waals surface area contributed by atoms with Crippen molar-refractivity contribution in [3.8, 4) is 22.7 Å². The maximum atomic E-state index is 12.7. The number of hydrogen-bond donors (Lipinski definition) is 0. The van der Waals surface area contributed by atoms with Gasteiger partial charge in [0, 0.05) is 42.0 Å². The molecule has 8 nitrogen and oxygen atoms in total. The third-order valence-corrected chi connectivity index (χ3v) is 7.78. The minimum Gasteiger partial charge on any atom is -0.415 e. The highest BCUT2D eigenvalue weighted by molar-refractivity contribution is 5.66. The maximum Gasteiger partial charge on any atom is 0.314 e. The summed E-state index contributed by atoms with van der Waals surface area (Å²) in [5.41, 5.74) is 4.72. The van der Waals surface area contributed by atoms with E-state index in [1.807, 2.05) is 18.3 Å². The zero-order valence-corrected chi connectivity index (χ0v) is 19.5. The van der Waals surface area contributed by atoms with E-state index in [0.717, 1.165) is 35.4 Å². The molecule has 10 heteroatoms. The van der Waals surface area contributed by atoms with Gasteiger partial charge in [-0.2, -0.15) is 8.78 Å². The molecule has 7 rings (SSSR count). The zero-order valence-electron chi connectivity index (χ0n) is 19.5. The molecule has 2 atom stereocenters. The summed E-state index contributed by atoms with van der Waals surface area (Å²) in [5, 5.41) is 15.8. The van der Waals surface area contributed by atoms with Crippen LogP contribution in [0.3, 0.4) is 0 Å². The summed E-state index contributed by atoms with van der Waals surface area (Å²) in [6, 6.07) is 18.1. The van der Waals surface area contributed by atoms with Gasteiger partial charge in [-0.1, -0.05) is 35.9 Å². The molecular formula is C26H25F2N7O. The number of rotatable bonds is 7. The smallest absolute Gasteiger partial charge is 0.314 e. The molecule has 2 aromatic carbocycles. The Balaban J connectivity index is 1.01. The number of piperazine rings is 1. The fourth-order valence-corrected chi connectivity index (χ4v) is 5.45. The number of benzene rings is 2. The van der Waals surface area contributed by atoms with Gasteiger partial charge >= 0.3 is 6.43 Å². The summed E-state index contributed by atoms with van der Waals surface area (Å²) >= 11 is 0. The molecule has 184 valence electrons. The van der Waals surface area contributed by atoms with E-state index in [1.54, 1.807) is 16.8 Å². The van der Waals surface area contributed by atoms with Crippen LogP contribution in [0.15, 0.2) is 59.1 Å². The summed E-state index contributed by atoms with van der Waals surface area (Å²) in [6.07, 6.45) is 3.30. The SMILES string of the molecule is FC(F)c1nnc(-c2ccc(Cn3cc(-c4cccc(N5CC6[C@H]5CN6C5CCC5)c4)nn3)cc2)o1. The average Bonchev–Trinajstić information content (AvgIpc) is 3.52. The van der Waals surface area contributed by atoms with Crippen LogP contribution in [0.5, 0.6) is 0 Å². The van der Waals surface area contributed by atoms with Crippen molar-refractivity contribution >= 4 is 5.69 Å². The van der Waals surface area contributed by atoms with Gasteiger partial charge in [-0.3, -0.25) is 4.90 Å². The van der Waals surface area contributed by atoms with Gasteiger partial charge in [0.05, 0.1) is 18.8 Å². The number of fused-ring (bicyclic) bond motifs is 1. The van der Waals surface area contributed by atoms with Gasteiger partial charge in [0.15, 0.2) is 0 Å². The lowest BCUT2D eigenvalue weighted by atomic mass is 9.78. The first-order chi connectivity index (χ1) is 17.6. The van der Waals surface area contributed by atoms with Crippen molar-refractivity contribution in [3.05, 3.63) is 66.2 Å². The molecule has 2 saturated heterocycles. The number of aromatic nitrogens is 5. The van der Waals surface area contributed by atoms with Crippen molar-refractivity contribution in [3.63, 3.8) is 0 Å². The number of nitrogens with zero attached hydrogens (tertiary/aromatic N) is 7. The molecule has 1 unspecified atom stereocenters. The number of halogens is 2. The molecule has 36 heavy (non-hydrogen) atoms. The molecule has 0 spiro atoms. The minimum absolute atomic E-state index is 0.0749. The van der Waals surface area contributed by atoms with Crippen LogP contribution in [-0.2, 0) is 6.54 Å². The van der Waals surface area contributed by atoms with E-state index < -0.39 is 12.3 Å². The fraction of sp³-hybridized carbons (Fsp3) is 0.385.